The smallest absolute Gasteiger partial charge is 0.336 e. The number of hydrogen-bond donors (Lipinski definition) is 1. The number of carbonyl (C=O) groups is 1. The summed E-state index contributed by atoms with van der Waals surface area (Å²) in [6.07, 6.45) is 0. The second-order valence-corrected chi connectivity index (χ2v) is 5.79. The summed E-state index contributed by atoms with van der Waals surface area (Å²) in [6.45, 7) is 1.86. The Morgan fingerprint density at radius 3 is 1.68 bits per heavy atom. The van der Waals surface area contributed by atoms with Crippen molar-refractivity contribution in [3.63, 3.8) is 0 Å². The SMILES string of the molecule is CC(=NC(c1ccccc1)c1ccccc1)c1ccccc1C(=O)O. The summed E-state index contributed by atoms with van der Waals surface area (Å²) in [7, 11) is 0. The average molecular weight is 329 g/mol. The van der Waals surface area contributed by atoms with Crippen LogP contribution in [-0.4, -0.2) is 16.8 Å². The molecule has 0 aliphatic rings. The lowest BCUT2D eigenvalue weighted by Crippen LogP contribution is -2.09. The first-order valence-corrected chi connectivity index (χ1v) is 8.14. The lowest BCUT2D eigenvalue weighted by Gasteiger charge is -2.16. The number of rotatable bonds is 5. The van der Waals surface area contributed by atoms with E-state index in [2.05, 4.69) is 0 Å². The zero-order valence-electron chi connectivity index (χ0n) is 14.0. The molecule has 0 fully saturated rings. The fraction of sp³-hybridized carbons (Fsp3) is 0.0909. The fourth-order valence-electron chi connectivity index (χ4n) is 2.86. The Hall–Kier alpha value is -3.20. The van der Waals surface area contributed by atoms with Gasteiger partial charge in [-0.25, -0.2) is 4.79 Å². The Morgan fingerprint density at radius 2 is 1.20 bits per heavy atom. The highest BCUT2D eigenvalue weighted by molar-refractivity contribution is 6.07. The van der Waals surface area contributed by atoms with Gasteiger partial charge in [0.15, 0.2) is 0 Å². The predicted molar refractivity (Wildman–Crippen MR) is 100 cm³/mol. The lowest BCUT2D eigenvalue weighted by atomic mass is 9.98. The van der Waals surface area contributed by atoms with E-state index in [1.165, 1.54) is 0 Å². The van der Waals surface area contributed by atoms with Gasteiger partial charge in [0, 0.05) is 11.3 Å². The minimum Gasteiger partial charge on any atom is -0.478 e. The monoisotopic (exact) mass is 329 g/mol. The molecule has 3 aromatic rings. The highest BCUT2D eigenvalue weighted by Gasteiger charge is 2.16. The minimum atomic E-state index is -0.943. The number of carboxylic acid groups (broad SMARTS) is 1. The lowest BCUT2D eigenvalue weighted by molar-refractivity contribution is 0.0696. The molecule has 0 unspecified atom stereocenters. The Bertz CT molecular complexity index is 847. The van der Waals surface area contributed by atoms with Crippen molar-refractivity contribution in [1.82, 2.24) is 0 Å². The fourth-order valence-corrected chi connectivity index (χ4v) is 2.86. The van der Waals surface area contributed by atoms with Gasteiger partial charge in [-0.2, -0.15) is 0 Å². The number of carboxylic acids is 1. The van der Waals surface area contributed by atoms with E-state index < -0.39 is 5.97 Å². The summed E-state index contributed by atoms with van der Waals surface area (Å²) in [5.74, 6) is -0.943. The zero-order valence-corrected chi connectivity index (χ0v) is 14.0. The van der Waals surface area contributed by atoms with Crippen LogP contribution in [0.5, 0.6) is 0 Å². The molecule has 0 radical (unpaired) electrons. The largest absolute Gasteiger partial charge is 0.478 e. The van der Waals surface area contributed by atoms with Gasteiger partial charge in [-0.15, -0.1) is 0 Å². The van der Waals surface area contributed by atoms with E-state index in [0.29, 0.717) is 11.3 Å². The highest BCUT2D eigenvalue weighted by Crippen LogP contribution is 2.27. The summed E-state index contributed by atoms with van der Waals surface area (Å²) in [4.78, 5) is 16.4. The number of hydrogen-bond acceptors (Lipinski definition) is 2. The van der Waals surface area contributed by atoms with Crippen molar-refractivity contribution < 1.29 is 9.90 Å². The van der Waals surface area contributed by atoms with E-state index in [1.54, 1.807) is 18.2 Å². The molecule has 0 amide bonds. The Morgan fingerprint density at radius 1 is 0.760 bits per heavy atom. The van der Waals surface area contributed by atoms with Crippen LogP contribution < -0.4 is 0 Å². The molecule has 3 heteroatoms. The molecule has 1 N–H and O–H groups in total. The maximum Gasteiger partial charge on any atom is 0.336 e. The summed E-state index contributed by atoms with van der Waals surface area (Å²) < 4.78 is 0. The van der Waals surface area contributed by atoms with Crippen LogP contribution >= 0.6 is 0 Å². The topological polar surface area (TPSA) is 49.7 Å². The van der Waals surface area contributed by atoms with Crippen molar-refractivity contribution in [1.29, 1.82) is 0 Å². The van der Waals surface area contributed by atoms with Crippen molar-refractivity contribution in [2.45, 2.75) is 13.0 Å². The van der Waals surface area contributed by atoms with Crippen LogP contribution in [0.2, 0.25) is 0 Å². The Balaban J connectivity index is 2.09. The van der Waals surface area contributed by atoms with Crippen LogP contribution in [-0.2, 0) is 0 Å². The Labute approximate surface area is 147 Å². The van der Waals surface area contributed by atoms with Crippen molar-refractivity contribution in [2.24, 2.45) is 4.99 Å². The van der Waals surface area contributed by atoms with Crippen LogP contribution in [0, 0.1) is 0 Å². The van der Waals surface area contributed by atoms with E-state index in [4.69, 9.17) is 4.99 Å². The van der Waals surface area contributed by atoms with E-state index in [9.17, 15) is 9.90 Å². The Kier molecular flexibility index (Phi) is 5.05. The third-order valence-electron chi connectivity index (χ3n) is 4.10. The van der Waals surface area contributed by atoms with Crippen LogP contribution in [0.25, 0.3) is 0 Å². The zero-order chi connectivity index (χ0) is 17.6. The van der Waals surface area contributed by atoms with Crippen molar-refractivity contribution in [3.05, 3.63) is 107 Å². The number of aromatic carboxylic acids is 1. The van der Waals surface area contributed by atoms with E-state index in [0.717, 1.165) is 11.1 Å². The maximum atomic E-state index is 11.5. The average Bonchev–Trinajstić information content (AvgIpc) is 2.67. The summed E-state index contributed by atoms with van der Waals surface area (Å²) in [5, 5.41) is 9.43. The summed E-state index contributed by atoms with van der Waals surface area (Å²) >= 11 is 0. The van der Waals surface area contributed by atoms with Gasteiger partial charge in [-0.05, 0) is 24.1 Å². The van der Waals surface area contributed by atoms with E-state index in [-0.39, 0.29) is 11.6 Å². The van der Waals surface area contributed by atoms with Crippen LogP contribution in [0.15, 0.2) is 89.9 Å². The van der Waals surface area contributed by atoms with Gasteiger partial charge in [0.25, 0.3) is 0 Å². The number of nitrogens with zero attached hydrogens (tertiary/aromatic N) is 1. The van der Waals surface area contributed by atoms with Crippen LogP contribution in [0.1, 0.15) is 40.0 Å². The molecule has 0 saturated heterocycles. The summed E-state index contributed by atoms with van der Waals surface area (Å²) in [6, 6.07) is 26.8. The molecule has 0 spiro atoms. The summed E-state index contributed by atoms with van der Waals surface area (Å²) in [5.41, 5.74) is 3.76. The molecule has 3 aromatic carbocycles. The molecular formula is C22H19NO2. The molecule has 0 aliphatic carbocycles. The molecular weight excluding hydrogens is 310 g/mol. The number of aliphatic imine (C=N–C) groups is 1. The quantitative estimate of drug-likeness (QED) is 0.671. The van der Waals surface area contributed by atoms with Gasteiger partial charge in [0.05, 0.1) is 5.56 Å². The predicted octanol–water partition coefficient (Wildman–Crippen LogP) is 4.98. The molecule has 0 bridgehead atoms. The van der Waals surface area contributed by atoms with Gasteiger partial charge in [-0.1, -0.05) is 78.9 Å². The molecule has 0 heterocycles. The molecule has 3 nitrogen and oxygen atoms in total. The van der Waals surface area contributed by atoms with Crippen LogP contribution in [0.3, 0.4) is 0 Å². The minimum absolute atomic E-state index is 0.177. The highest BCUT2D eigenvalue weighted by atomic mass is 16.4. The molecule has 0 saturated carbocycles. The molecule has 3 rings (SSSR count). The van der Waals surface area contributed by atoms with Crippen LogP contribution in [0.4, 0.5) is 0 Å². The molecule has 0 aromatic heterocycles. The molecule has 0 atom stereocenters. The van der Waals surface area contributed by atoms with Gasteiger partial charge in [0.1, 0.15) is 6.04 Å². The number of benzene rings is 3. The molecule has 124 valence electrons. The maximum absolute atomic E-state index is 11.5. The first-order chi connectivity index (χ1) is 12.2. The van der Waals surface area contributed by atoms with Gasteiger partial charge < -0.3 is 5.11 Å². The second-order valence-electron chi connectivity index (χ2n) is 5.79. The van der Waals surface area contributed by atoms with Gasteiger partial charge in [0.2, 0.25) is 0 Å². The van der Waals surface area contributed by atoms with E-state index >= 15 is 0 Å². The molecule has 25 heavy (non-hydrogen) atoms. The van der Waals surface area contributed by atoms with Crippen molar-refractivity contribution >= 4 is 11.7 Å². The van der Waals surface area contributed by atoms with Crippen molar-refractivity contribution in [3.8, 4) is 0 Å². The van der Waals surface area contributed by atoms with Crippen molar-refractivity contribution in [2.75, 3.05) is 0 Å². The normalized spacial score (nSPS) is 11.5. The third kappa shape index (κ3) is 3.83. The van der Waals surface area contributed by atoms with E-state index in [1.807, 2.05) is 73.7 Å². The first kappa shape index (κ1) is 16.7. The molecule has 0 aliphatic heterocycles. The second kappa shape index (κ2) is 7.58. The standard InChI is InChI=1S/C22H19NO2/c1-16(19-14-8-9-15-20(19)22(24)25)23-21(17-10-4-2-5-11-17)18-12-6-3-7-13-18/h2-15,21H,1H3,(H,24,25). The van der Waals surface area contributed by atoms with Gasteiger partial charge >= 0.3 is 5.97 Å². The first-order valence-electron chi connectivity index (χ1n) is 8.14. The third-order valence-corrected chi connectivity index (χ3v) is 4.10. The van der Waals surface area contributed by atoms with Gasteiger partial charge in [-0.3, -0.25) is 4.99 Å².